The quantitative estimate of drug-likeness (QED) is 0.770. The topological polar surface area (TPSA) is 38.3 Å². The molecule has 0 atom stereocenters. The highest BCUT2D eigenvalue weighted by Crippen LogP contribution is 2.17. The molecule has 0 saturated heterocycles. The van der Waals surface area contributed by atoms with Gasteiger partial charge < -0.3 is 9.74 Å². The van der Waals surface area contributed by atoms with Crippen molar-refractivity contribution in [2.45, 2.75) is 0 Å². The normalized spacial score (nSPS) is 11.1. The molecule has 18 heavy (non-hydrogen) atoms. The van der Waals surface area contributed by atoms with Crippen molar-refractivity contribution in [2.24, 2.45) is 0 Å². The van der Waals surface area contributed by atoms with Crippen molar-refractivity contribution in [3.05, 3.63) is 54.7 Å². The van der Waals surface area contributed by atoms with E-state index in [0.29, 0.717) is 5.82 Å². The van der Waals surface area contributed by atoms with Crippen LogP contribution in [0.2, 0.25) is 0 Å². The Hall–Kier alpha value is -2.61. The van der Waals surface area contributed by atoms with E-state index in [1.165, 1.54) is 0 Å². The Labute approximate surface area is 106 Å². The zero-order valence-corrected chi connectivity index (χ0v) is 10.3. The van der Waals surface area contributed by atoms with E-state index >= 15 is 0 Å². The van der Waals surface area contributed by atoms with Gasteiger partial charge >= 0.3 is 0 Å². The van der Waals surface area contributed by atoms with Crippen molar-refractivity contribution < 1.29 is 0 Å². The number of pyridine rings is 1. The average molecular weight is 239 g/mol. The van der Waals surface area contributed by atoms with Crippen LogP contribution in [0.5, 0.6) is 0 Å². The maximum atomic E-state index is 7.17. The summed E-state index contributed by atoms with van der Waals surface area (Å²) in [6.45, 7) is 7.17. The second kappa shape index (κ2) is 5.15. The Morgan fingerprint density at radius 3 is 2.94 bits per heavy atom. The SMILES string of the molecule is [C-]#[N+]/C(=C/N(C)C)n1cnc(-c2cccnc2)c1. The van der Waals surface area contributed by atoms with E-state index in [-0.39, 0.29) is 0 Å². The molecule has 0 amide bonds. The molecule has 0 N–H and O–H groups in total. The molecule has 2 heterocycles. The smallest absolute Gasteiger partial charge is 0.251 e. The first-order chi connectivity index (χ1) is 8.70. The van der Waals surface area contributed by atoms with Crippen LogP contribution in [0.1, 0.15) is 0 Å². The predicted octanol–water partition coefficient (Wildman–Crippen LogP) is 2.18. The second-order valence-corrected chi connectivity index (χ2v) is 3.97. The molecule has 0 saturated carbocycles. The zero-order valence-electron chi connectivity index (χ0n) is 10.3. The molecule has 0 spiro atoms. The van der Waals surface area contributed by atoms with E-state index in [2.05, 4.69) is 14.8 Å². The molecule has 2 aromatic heterocycles. The van der Waals surface area contributed by atoms with Crippen LogP contribution in [-0.4, -0.2) is 33.5 Å². The molecule has 0 aromatic carbocycles. The highest BCUT2D eigenvalue weighted by Gasteiger charge is 2.07. The fourth-order valence-electron chi connectivity index (χ4n) is 1.50. The van der Waals surface area contributed by atoms with Crippen molar-refractivity contribution in [1.82, 2.24) is 19.4 Å². The lowest BCUT2D eigenvalue weighted by Gasteiger charge is -2.06. The van der Waals surface area contributed by atoms with E-state index in [4.69, 9.17) is 6.57 Å². The molecule has 0 radical (unpaired) electrons. The first kappa shape index (κ1) is 11.9. The molecule has 5 heteroatoms. The maximum absolute atomic E-state index is 7.17. The first-order valence-corrected chi connectivity index (χ1v) is 5.41. The Kier molecular flexibility index (Phi) is 3.39. The monoisotopic (exact) mass is 239 g/mol. The molecular formula is C13H13N5. The van der Waals surface area contributed by atoms with E-state index < -0.39 is 0 Å². The van der Waals surface area contributed by atoms with Crippen LogP contribution in [0, 0.1) is 6.57 Å². The van der Waals surface area contributed by atoms with Gasteiger partial charge in [-0.15, -0.1) is 0 Å². The third kappa shape index (κ3) is 2.55. The summed E-state index contributed by atoms with van der Waals surface area (Å²) in [7, 11) is 3.76. The number of hydrogen-bond acceptors (Lipinski definition) is 3. The van der Waals surface area contributed by atoms with Gasteiger partial charge in [0.1, 0.15) is 11.9 Å². The van der Waals surface area contributed by atoms with Gasteiger partial charge in [-0.2, -0.15) is 0 Å². The Balaban J connectivity index is 2.34. The summed E-state index contributed by atoms with van der Waals surface area (Å²) in [6.07, 6.45) is 8.68. The minimum Gasteiger partial charge on any atom is -0.392 e. The van der Waals surface area contributed by atoms with Crippen LogP contribution in [0.4, 0.5) is 0 Å². The molecule has 0 fully saturated rings. The maximum Gasteiger partial charge on any atom is 0.251 e. The van der Waals surface area contributed by atoms with Gasteiger partial charge in [0.25, 0.3) is 5.82 Å². The number of imidazole rings is 1. The summed E-state index contributed by atoms with van der Waals surface area (Å²) >= 11 is 0. The summed E-state index contributed by atoms with van der Waals surface area (Å²) < 4.78 is 1.70. The van der Waals surface area contributed by atoms with Gasteiger partial charge in [0, 0.05) is 38.3 Å². The largest absolute Gasteiger partial charge is 0.392 e. The summed E-state index contributed by atoms with van der Waals surface area (Å²) in [6, 6.07) is 3.80. The van der Waals surface area contributed by atoms with Crippen LogP contribution in [0.15, 0.2) is 43.3 Å². The van der Waals surface area contributed by atoms with Crippen molar-refractivity contribution in [3.8, 4) is 11.3 Å². The van der Waals surface area contributed by atoms with Gasteiger partial charge in [0.05, 0.1) is 0 Å². The number of aromatic nitrogens is 3. The van der Waals surface area contributed by atoms with Gasteiger partial charge in [-0.25, -0.2) is 4.98 Å². The lowest BCUT2D eigenvalue weighted by atomic mass is 10.2. The van der Waals surface area contributed by atoms with Gasteiger partial charge in [0.2, 0.25) is 0 Å². The third-order valence-corrected chi connectivity index (χ3v) is 2.29. The Morgan fingerprint density at radius 1 is 1.50 bits per heavy atom. The summed E-state index contributed by atoms with van der Waals surface area (Å²) in [5.74, 6) is 0.502. The zero-order chi connectivity index (χ0) is 13.0. The van der Waals surface area contributed by atoms with E-state index in [9.17, 15) is 0 Å². The van der Waals surface area contributed by atoms with Gasteiger partial charge in [-0.1, -0.05) is 6.57 Å². The predicted molar refractivity (Wildman–Crippen MR) is 70.0 cm³/mol. The van der Waals surface area contributed by atoms with Crippen molar-refractivity contribution in [1.29, 1.82) is 0 Å². The fourth-order valence-corrected chi connectivity index (χ4v) is 1.50. The molecule has 5 nitrogen and oxygen atoms in total. The minimum absolute atomic E-state index is 0.502. The highest BCUT2D eigenvalue weighted by molar-refractivity contribution is 5.60. The second-order valence-electron chi connectivity index (χ2n) is 3.97. The highest BCUT2D eigenvalue weighted by atomic mass is 15.2. The molecular weight excluding hydrogens is 226 g/mol. The molecule has 2 rings (SSSR count). The van der Waals surface area contributed by atoms with Crippen LogP contribution in [0.25, 0.3) is 21.9 Å². The molecule has 0 unspecified atom stereocenters. The third-order valence-electron chi connectivity index (χ3n) is 2.29. The number of hydrogen-bond donors (Lipinski definition) is 0. The molecule has 0 aliphatic rings. The number of nitrogens with zero attached hydrogens (tertiary/aromatic N) is 5. The van der Waals surface area contributed by atoms with Gasteiger partial charge in [-0.05, 0) is 12.1 Å². The lowest BCUT2D eigenvalue weighted by molar-refractivity contribution is 0.563. The number of rotatable bonds is 3. The van der Waals surface area contributed by atoms with Crippen molar-refractivity contribution in [2.75, 3.05) is 14.1 Å². The van der Waals surface area contributed by atoms with E-state index in [1.54, 1.807) is 29.5 Å². The van der Waals surface area contributed by atoms with Crippen molar-refractivity contribution >= 4 is 5.82 Å². The van der Waals surface area contributed by atoms with E-state index in [1.807, 2.05) is 37.3 Å². The molecule has 0 aliphatic heterocycles. The fraction of sp³-hybridized carbons (Fsp3) is 0.154. The van der Waals surface area contributed by atoms with Crippen LogP contribution in [0.3, 0.4) is 0 Å². The molecule has 0 aliphatic carbocycles. The average Bonchev–Trinajstić information content (AvgIpc) is 2.86. The molecule has 0 bridgehead atoms. The van der Waals surface area contributed by atoms with Gasteiger partial charge in [0.15, 0.2) is 6.33 Å². The minimum atomic E-state index is 0.502. The lowest BCUT2D eigenvalue weighted by Crippen LogP contribution is -2.03. The van der Waals surface area contributed by atoms with Crippen LogP contribution < -0.4 is 0 Å². The Bertz CT molecular complexity index is 589. The summed E-state index contributed by atoms with van der Waals surface area (Å²) in [5, 5.41) is 0. The Morgan fingerprint density at radius 2 is 2.33 bits per heavy atom. The summed E-state index contributed by atoms with van der Waals surface area (Å²) in [4.78, 5) is 13.6. The van der Waals surface area contributed by atoms with Crippen LogP contribution >= 0.6 is 0 Å². The van der Waals surface area contributed by atoms with Crippen molar-refractivity contribution in [3.63, 3.8) is 0 Å². The first-order valence-electron chi connectivity index (χ1n) is 5.41. The summed E-state index contributed by atoms with van der Waals surface area (Å²) in [5.41, 5.74) is 1.74. The molecule has 2 aromatic rings. The molecule has 90 valence electrons. The van der Waals surface area contributed by atoms with Gasteiger partial charge in [-0.3, -0.25) is 9.55 Å². The van der Waals surface area contributed by atoms with Crippen LogP contribution in [-0.2, 0) is 0 Å². The standard InChI is InChI=1S/C13H13N5/c1-14-13(9-17(2)3)18-8-12(16-10-18)11-5-4-6-15-7-11/h4-10H,2-3H3/b13-9-. The van der Waals surface area contributed by atoms with E-state index in [0.717, 1.165) is 11.3 Å².